The lowest BCUT2D eigenvalue weighted by Crippen LogP contribution is -2.50. The molecule has 0 atom stereocenters. The van der Waals surface area contributed by atoms with Crippen molar-refractivity contribution in [3.05, 3.63) is 63.2 Å². The number of nitrogens with zero attached hydrogens (tertiary/aromatic N) is 4. The number of halogens is 1. The second-order valence-corrected chi connectivity index (χ2v) is 8.66. The minimum Gasteiger partial charge on any atom is -0.371 e. The quantitative estimate of drug-likeness (QED) is 0.513. The normalized spacial score (nSPS) is 16.6. The van der Waals surface area contributed by atoms with E-state index in [1.165, 1.54) is 12.1 Å². The highest BCUT2D eigenvalue weighted by Gasteiger charge is 2.28. The molecular weight excluding hydrogens is 446 g/mol. The van der Waals surface area contributed by atoms with Gasteiger partial charge in [0.15, 0.2) is 0 Å². The van der Waals surface area contributed by atoms with Crippen LogP contribution in [0.1, 0.15) is 23.2 Å². The molecule has 0 unspecified atom stereocenters. The van der Waals surface area contributed by atoms with Crippen LogP contribution in [0, 0.1) is 10.1 Å². The molecule has 0 aromatic heterocycles. The van der Waals surface area contributed by atoms with Crippen molar-refractivity contribution in [2.45, 2.75) is 12.8 Å². The number of hydrogen-bond acceptors (Lipinski definition) is 6. The number of non-ortho nitro benzene ring substituents is 1. The molecular formula is C23H26ClN5O4. The minimum absolute atomic E-state index is 0.0869. The van der Waals surface area contributed by atoms with E-state index < -0.39 is 4.92 Å². The molecule has 2 aromatic rings. The summed E-state index contributed by atoms with van der Waals surface area (Å²) in [6.45, 7) is 3.84. The third-order valence-corrected chi connectivity index (χ3v) is 6.37. The molecule has 1 N–H and O–H groups in total. The van der Waals surface area contributed by atoms with Crippen molar-refractivity contribution in [2.24, 2.45) is 0 Å². The van der Waals surface area contributed by atoms with Crippen LogP contribution in [0.15, 0.2) is 42.5 Å². The lowest BCUT2D eigenvalue weighted by atomic mass is 10.1. The van der Waals surface area contributed by atoms with E-state index in [2.05, 4.69) is 10.2 Å². The van der Waals surface area contributed by atoms with Crippen LogP contribution in [0.5, 0.6) is 0 Å². The van der Waals surface area contributed by atoms with Crippen molar-refractivity contribution in [2.75, 3.05) is 56.0 Å². The van der Waals surface area contributed by atoms with E-state index in [9.17, 15) is 19.7 Å². The van der Waals surface area contributed by atoms with E-state index >= 15 is 0 Å². The summed E-state index contributed by atoms with van der Waals surface area (Å²) in [5.74, 6) is -0.376. The summed E-state index contributed by atoms with van der Waals surface area (Å²) in [7, 11) is 0. The van der Waals surface area contributed by atoms with Crippen LogP contribution in [-0.2, 0) is 4.79 Å². The number of benzene rings is 2. The van der Waals surface area contributed by atoms with Crippen LogP contribution >= 0.6 is 11.6 Å². The van der Waals surface area contributed by atoms with Crippen molar-refractivity contribution < 1.29 is 14.5 Å². The Hall–Kier alpha value is -3.17. The van der Waals surface area contributed by atoms with Crippen LogP contribution in [0.4, 0.5) is 17.1 Å². The molecule has 10 heteroatoms. The van der Waals surface area contributed by atoms with Crippen molar-refractivity contribution in [1.82, 2.24) is 9.80 Å². The van der Waals surface area contributed by atoms with Gasteiger partial charge in [0.05, 0.1) is 33.4 Å². The average Bonchev–Trinajstić information content (AvgIpc) is 3.35. The van der Waals surface area contributed by atoms with Crippen LogP contribution in [0.2, 0.25) is 5.02 Å². The summed E-state index contributed by atoms with van der Waals surface area (Å²) in [6, 6.07) is 11.6. The number of piperazine rings is 1. The first-order valence-electron chi connectivity index (χ1n) is 11.0. The van der Waals surface area contributed by atoms with Gasteiger partial charge in [-0.05, 0) is 31.0 Å². The largest absolute Gasteiger partial charge is 0.371 e. The number of para-hydroxylation sites is 1. The zero-order valence-corrected chi connectivity index (χ0v) is 19.0. The summed E-state index contributed by atoms with van der Waals surface area (Å²) in [5.41, 5.74) is 1.61. The maximum Gasteiger partial charge on any atom is 0.270 e. The van der Waals surface area contributed by atoms with Crippen LogP contribution < -0.4 is 10.2 Å². The molecule has 9 nitrogen and oxygen atoms in total. The maximum atomic E-state index is 13.3. The lowest BCUT2D eigenvalue weighted by Gasteiger charge is -2.35. The van der Waals surface area contributed by atoms with E-state index in [0.717, 1.165) is 31.6 Å². The predicted molar refractivity (Wildman–Crippen MR) is 127 cm³/mol. The molecule has 2 amide bonds. The maximum absolute atomic E-state index is 13.3. The monoisotopic (exact) mass is 471 g/mol. The number of hydrogen-bond donors (Lipinski definition) is 1. The number of rotatable bonds is 6. The zero-order chi connectivity index (χ0) is 23.4. The second-order valence-electron chi connectivity index (χ2n) is 8.25. The summed E-state index contributed by atoms with van der Waals surface area (Å²) in [6.07, 6.45) is 2.08. The number of nitrogens with one attached hydrogen (secondary N) is 1. The SMILES string of the molecule is O=C(CN1CCN(C(=O)c2cc([N+](=O)[O-])ccc2N2CCCC2)CC1)Nc1ccccc1Cl. The highest BCUT2D eigenvalue weighted by molar-refractivity contribution is 6.33. The van der Waals surface area contributed by atoms with E-state index in [-0.39, 0.29) is 24.0 Å². The van der Waals surface area contributed by atoms with Gasteiger partial charge in [-0.25, -0.2) is 0 Å². The predicted octanol–water partition coefficient (Wildman–Crippen LogP) is 3.24. The number of amides is 2. The fraction of sp³-hybridized carbons (Fsp3) is 0.391. The Kier molecular flexibility index (Phi) is 7.10. The summed E-state index contributed by atoms with van der Waals surface area (Å²) in [4.78, 5) is 42.4. The number of anilines is 2. The first-order valence-corrected chi connectivity index (χ1v) is 11.4. The molecule has 2 aliphatic heterocycles. The fourth-order valence-electron chi connectivity index (χ4n) is 4.28. The molecule has 174 valence electrons. The van der Waals surface area contributed by atoms with Gasteiger partial charge < -0.3 is 15.1 Å². The highest BCUT2D eigenvalue weighted by atomic mass is 35.5. The van der Waals surface area contributed by atoms with Crippen molar-refractivity contribution in [3.8, 4) is 0 Å². The first kappa shape index (κ1) is 23.0. The molecule has 0 aliphatic carbocycles. The molecule has 0 radical (unpaired) electrons. The van der Waals surface area contributed by atoms with E-state index in [1.807, 2.05) is 4.90 Å². The van der Waals surface area contributed by atoms with Gasteiger partial charge in [-0.15, -0.1) is 0 Å². The lowest BCUT2D eigenvalue weighted by molar-refractivity contribution is -0.384. The molecule has 0 saturated carbocycles. The van der Waals surface area contributed by atoms with Crippen molar-refractivity contribution in [3.63, 3.8) is 0 Å². The van der Waals surface area contributed by atoms with Gasteiger partial charge in [0.1, 0.15) is 0 Å². The van der Waals surface area contributed by atoms with E-state index in [4.69, 9.17) is 11.6 Å². The van der Waals surface area contributed by atoms with Gasteiger partial charge in [-0.2, -0.15) is 0 Å². The van der Waals surface area contributed by atoms with Crippen molar-refractivity contribution >= 4 is 40.5 Å². The fourth-order valence-corrected chi connectivity index (χ4v) is 4.46. The van der Waals surface area contributed by atoms with Gasteiger partial charge in [0.2, 0.25) is 5.91 Å². The van der Waals surface area contributed by atoms with Crippen LogP contribution in [-0.4, -0.2) is 72.4 Å². The smallest absolute Gasteiger partial charge is 0.270 e. The van der Waals surface area contributed by atoms with E-state index in [1.54, 1.807) is 35.2 Å². The number of nitro benzene ring substituents is 1. The minimum atomic E-state index is -0.472. The van der Waals surface area contributed by atoms with Gasteiger partial charge >= 0.3 is 0 Å². The Morgan fingerprint density at radius 2 is 1.70 bits per heavy atom. The highest BCUT2D eigenvalue weighted by Crippen LogP contribution is 2.29. The molecule has 2 aromatic carbocycles. The third kappa shape index (κ3) is 5.43. The zero-order valence-electron chi connectivity index (χ0n) is 18.2. The van der Waals surface area contributed by atoms with Gasteiger partial charge in [-0.3, -0.25) is 24.6 Å². The summed E-state index contributed by atoms with van der Waals surface area (Å²) in [5, 5.41) is 14.6. The first-order chi connectivity index (χ1) is 15.9. The van der Waals surface area contributed by atoms with Crippen LogP contribution in [0.25, 0.3) is 0 Å². The van der Waals surface area contributed by atoms with E-state index in [0.29, 0.717) is 42.5 Å². The Bertz CT molecular complexity index is 1050. The Balaban J connectivity index is 1.39. The molecule has 2 fully saturated rings. The van der Waals surface area contributed by atoms with Crippen molar-refractivity contribution in [1.29, 1.82) is 0 Å². The topological polar surface area (TPSA) is 99.0 Å². The Labute approximate surface area is 197 Å². The Morgan fingerprint density at radius 3 is 2.36 bits per heavy atom. The average molecular weight is 472 g/mol. The van der Waals surface area contributed by atoms with Gasteiger partial charge in [-0.1, -0.05) is 23.7 Å². The molecule has 4 rings (SSSR count). The number of carbonyl (C=O) groups is 2. The number of nitro groups is 1. The number of carbonyl (C=O) groups excluding carboxylic acids is 2. The Morgan fingerprint density at radius 1 is 1.00 bits per heavy atom. The standard InChI is InChI=1S/C23H26ClN5O4/c24-19-5-1-2-6-20(19)25-22(30)16-26-11-13-28(14-12-26)23(31)18-15-17(29(32)33)7-8-21(18)27-9-3-4-10-27/h1-2,5-8,15H,3-4,9-14,16H2,(H,25,30). The second kappa shape index (κ2) is 10.2. The third-order valence-electron chi connectivity index (χ3n) is 6.04. The molecule has 0 bridgehead atoms. The molecule has 2 saturated heterocycles. The summed E-state index contributed by atoms with van der Waals surface area (Å²) < 4.78 is 0. The van der Waals surface area contributed by atoms with Crippen LogP contribution in [0.3, 0.4) is 0 Å². The molecule has 2 aliphatic rings. The molecule has 33 heavy (non-hydrogen) atoms. The summed E-state index contributed by atoms with van der Waals surface area (Å²) >= 11 is 6.10. The molecule has 2 heterocycles. The molecule has 0 spiro atoms. The van der Waals surface area contributed by atoms with Gasteiger partial charge in [0, 0.05) is 51.4 Å². The van der Waals surface area contributed by atoms with Gasteiger partial charge in [0.25, 0.3) is 11.6 Å².